The summed E-state index contributed by atoms with van der Waals surface area (Å²) in [6.07, 6.45) is 8.51. The molecule has 0 unspecified atom stereocenters. The predicted octanol–water partition coefficient (Wildman–Crippen LogP) is 2.98. The molecule has 0 aromatic carbocycles. The predicted molar refractivity (Wildman–Crippen MR) is 105 cm³/mol. The van der Waals surface area contributed by atoms with Crippen LogP contribution in [0.3, 0.4) is 0 Å². The zero-order valence-corrected chi connectivity index (χ0v) is 16.4. The summed E-state index contributed by atoms with van der Waals surface area (Å²) >= 11 is 1.47. The molecular weight excluding hydrogens is 346 g/mol. The van der Waals surface area contributed by atoms with Gasteiger partial charge in [0, 0.05) is 45.7 Å². The zero-order chi connectivity index (χ0) is 18.2. The summed E-state index contributed by atoms with van der Waals surface area (Å²) in [5, 5.41) is 4.89. The minimum Gasteiger partial charge on any atom is -0.350 e. The summed E-state index contributed by atoms with van der Waals surface area (Å²) in [5.41, 5.74) is 0. The smallest absolute Gasteiger partial charge is 0.261 e. The Hall–Kier alpha value is -1.40. The van der Waals surface area contributed by atoms with Gasteiger partial charge in [0.1, 0.15) is 0 Å². The third-order valence-electron chi connectivity index (χ3n) is 5.67. The lowest BCUT2D eigenvalue weighted by Crippen LogP contribution is -2.50. The molecule has 144 valence electrons. The Morgan fingerprint density at radius 3 is 2.58 bits per heavy atom. The van der Waals surface area contributed by atoms with Gasteiger partial charge in [0.05, 0.1) is 4.88 Å². The fourth-order valence-electron chi connectivity index (χ4n) is 4.00. The monoisotopic (exact) mass is 377 g/mol. The van der Waals surface area contributed by atoms with Crippen LogP contribution in [0.25, 0.3) is 0 Å². The van der Waals surface area contributed by atoms with Crippen LogP contribution in [-0.4, -0.2) is 60.9 Å². The van der Waals surface area contributed by atoms with Crippen molar-refractivity contribution in [2.75, 3.05) is 39.3 Å². The van der Waals surface area contributed by atoms with Gasteiger partial charge in [-0.15, -0.1) is 11.3 Å². The number of amides is 2. The van der Waals surface area contributed by atoms with Crippen LogP contribution in [-0.2, 0) is 4.79 Å². The lowest BCUT2D eigenvalue weighted by atomic mass is 9.86. The highest BCUT2D eigenvalue weighted by Gasteiger charge is 2.22. The number of carbonyl (C=O) groups excluding carboxylic acids is 2. The van der Waals surface area contributed by atoms with Crippen molar-refractivity contribution in [1.29, 1.82) is 0 Å². The number of piperazine rings is 1. The van der Waals surface area contributed by atoms with E-state index in [9.17, 15) is 9.59 Å². The van der Waals surface area contributed by atoms with E-state index in [4.69, 9.17) is 0 Å². The van der Waals surface area contributed by atoms with E-state index < -0.39 is 0 Å². The molecule has 6 heteroatoms. The molecule has 0 spiro atoms. The second-order valence-corrected chi connectivity index (χ2v) is 8.45. The molecule has 1 saturated carbocycles. The second kappa shape index (κ2) is 10.1. The number of hydrogen-bond acceptors (Lipinski definition) is 4. The minimum absolute atomic E-state index is 0.0107. The van der Waals surface area contributed by atoms with E-state index >= 15 is 0 Å². The zero-order valence-electron chi connectivity index (χ0n) is 15.6. The van der Waals surface area contributed by atoms with Crippen LogP contribution >= 0.6 is 11.3 Å². The maximum atomic E-state index is 12.4. The van der Waals surface area contributed by atoms with Crippen LogP contribution in [0.15, 0.2) is 17.5 Å². The van der Waals surface area contributed by atoms with Gasteiger partial charge in [0.15, 0.2) is 0 Å². The standard InChI is InChI=1S/C20H31N3O2S/c24-19(9-8-17-5-2-1-3-6-17)23-14-12-22(13-15-23)11-10-21-20(25)18-7-4-16-26-18/h4,7,16-17H,1-3,5-6,8-15H2,(H,21,25). The molecule has 1 aromatic heterocycles. The van der Waals surface area contributed by atoms with Gasteiger partial charge in [-0.05, 0) is 23.8 Å². The molecule has 1 saturated heterocycles. The van der Waals surface area contributed by atoms with Crippen molar-refractivity contribution in [2.24, 2.45) is 5.92 Å². The highest BCUT2D eigenvalue weighted by molar-refractivity contribution is 7.12. The Balaban J connectivity index is 1.28. The molecule has 2 aliphatic rings. The van der Waals surface area contributed by atoms with Gasteiger partial charge in [-0.1, -0.05) is 38.2 Å². The van der Waals surface area contributed by atoms with Gasteiger partial charge in [-0.2, -0.15) is 0 Å². The first-order chi connectivity index (χ1) is 12.7. The summed E-state index contributed by atoms with van der Waals surface area (Å²) in [6.45, 7) is 4.96. The van der Waals surface area contributed by atoms with Crippen molar-refractivity contribution in [1.82, 2.24) is 15.1 Å². The Labute approximate surface area is 160 Å². The second-order valence-electron chi connectivity index (χ2n) is 7.50. The average molecular weight is 378 g/mol. The molecule has 26 heavy (non-hydrogen) atoms. The third kappa shape index (κ3) is 5.81. The van der Waals surface area contributed by atoms with Crippen molar-refractivity contribution in [3.8, 4) is 0 Å². The first-order valence-electron chi connectivity index (χ1n) is 10.0. The van der Waals surface area contributed by atoms with Crippen LogP contribution in [0.5, 0.6) is 0 Å². The van der Waals surface area contributed by atoms with E-state index in [2.05, 4.69) is 10.2 Å². The number of thiophene rings is 1. The van der Waals surface area contributed by atoms with E-state index in [0.29, 0.717) is 12.5 Å². The molecule has 0 atom stereocenters. The van der Waals surface area contributed by atoms with Crippen molar-refractivity contribution < 1.29 is 9.59 Å². The normalized spacial score (nSPS) is 19.5. The number of rotatable bonds is 7. The van der Waals surface area contributed by atoms with E-state index in [1.165, 1.54) is 43.4 Å². The summed E-state index contributed by atoms with van der Waals surface area (Å²) in [6, 6.07) is 3.74. The molecule has 0 radical (unpaired) electrons. The Kier molecular flexibility index (Phi) is 7.50. The lowest BCUT2D eigenvalue weighted by Gasteiger charge is -2.35. The van der Waals surface area contributed by atoms with Gasteiger partial charge < -0.3 is 10.2 Å². The number of nitrogens with one attached hydrogen (secondary N) is 1. The molecule has 2 heterocycles. The molecule has 1 aliphatic carbocycles. The van der Waals surface area contributed by atoms with Crippen LogP contribution in [0.1, 0.15) is 54.6 Å². The van der Waals surface area contributed by atoms with Crippen LogP contribution in [0, 0.1) is 5.92 Å². The SMILES string of the molecule is O=C(NCCN1CCN(C(=O)CCC2CCCCC2)CC1)c1cccs1. The van der Waals surface area contributed by atoms with Gasteiger partial charge in [0.2, 0.25) is 5.91 Å². The largest absolute Gasteiger partial charge is 0.350 e. The molecular formula is C20H31N3O2S. The van der Waals surface area contributed by atoms with Crippen LogP contribution in [0.4, 0.5) is 0 Å². The van der Waals surface area contributed by atoms with E-state index in [-0.39, 0.29) is 5.91 Å². The fourth-order valence-corrected chi connectivity index (χ4v) is 4.64. The first kappa shape index (κ1) is 19.4. The van der Waals surface area contributed by atoms with Crippen molar-refractivity contribution >= 4 is 23.2 Å². The third-order valence-corrected chi connectivity index (χ3v) is 6.54. The topological polar surface area (TPSA) is 52.7 Å². The maximum absolute atomic E-state index is 12.4. The van der Waals surface area contributed by atoms with Gasteiger partial charge >= 0.3 is 0 Å². The van der Waals surface area contributed by atoms with Gasteiger partial charge in [-0.25, -0.2) is 0 Å². The van der Waals surface area contributed by atoms with Crippen LogP contribution in [0.2, 0.25) is 0 Å². The molecule has 3 rings (SSSR count). The lowest BCUT2D eigenvalue weighted by molar-refractivity contribution is -0.133. The van der Waals surface area contributed by atoms with E-state index in [1.54, 1.807) is 0 Å². The Bertz CT molecular complexity index is 562. The number of nitrogens with zero attached hydrogens (tertiary/aromatic N) is 2. The van der Waals surface area contributed by atoms with Crippen molar-refractivity contribution in [3.05, 3.63) is 22.4 Å². The summed E-state index contributed by atoms with van der Waals surface area (Å²) < 4.78 is 0. The molecule has 1 N–H and O–H groups in total. The van der Waals surface area contributed by atoms with Crippen molar-refractivity contribution in [2.45, 2.75) is 44.9 Å². The Morgan fingerprint density at radius 1 is 1.12 bits per heavy atom. The van der Waals surface area contributed by atoms with Gasteiger partial charge in [0.25, 0.3) is 5.91 Å². The van der Waals surface area contributed by atoms with Crippen LogP contribution < -0.4 is 5.32 Å². The maximum Gasteiger partial charge on any atom is 0.261 e. The highest BCUT2D eigenvalue weighted by atomic mass is 32.1. The summed E-state index contributed by atoms with van der Waals surface area (Å²) in [5.74, 6) is 1.12. The molecule has 1 aromatic rings. The molecule has 2 amide bonds. The summed E-state index contributed by atoms with van der Waals surface area (Å²) in [4.78, 5) is 29.5. The fraction of sp³-hybridized carbons (Fsp3) is 0.700. The molecule has 0 bridgehead atoms. The Morgan fingerprint density at radius 2 is 1.88 bits per heavy atom. The van der Waals surface area contributed by atoms with E-state index in [1.807, 2.05) is 22.4 Å². The average Bonchev–Trinajstić information content (AvgIpc) is 3.22. The minimum atomic E-state index is 0.0107. The van der Waals surface area contributed by atoms with Gasteiger partial charge in [-0.3, -0.25) is 14.5 Å². The number of carbonyl (C=O) groups is 2. The molecule has 5 nitrogen and oxygen atoms in total. The molecule has 1 aliphatic heterocycles. The number of hydrogen-bond donors (Lipinski definition) is 1. The first-order valence-corrected chi connectivity index (χ1v) is 10.9. The quantitative estimate of drug-likeness (QED) is 0.795. The molecule has 2 fully saturated rings. The van der Waals surface area contributed by atoms with E-state index in [0.717, 1.165) is 56.4 Å². The summed E-state index contributed by atoms with van der Waals surface area (Å²) in [7, 11) is 0. The highest BCUT2D eigenvalue weighted by Crippen LogP contribution is 2.27. The van der Waals surface area contributed by atoms with Crippen molar-refractivity contribution in [3.63, 3.8) is 0 Å².